The molecular formula is C20H17ClN2O4S. The van der Waals surface area contributed by atoms with Crippen molar-refractivity contribution in [3.05, 3.63) is 75.0 Å². The molecule has 0 spiro atoms. The summed E-state index contributed by atoms with van der Waals surface area (Å²) in [5, 5.41) is 15.0. The topological polar surface area (TPSA) is 89.3 Å². The van der Waals surface area contributed by atoms with Crippen LogP contribution in [-0.2, 0) is 16.3 Å². The van der Waals surface area contributed by atoms with Crippen molar-refractivity contribution in [3.63, 3.8) is 0 Å². The second-order valence-corrected chi connectivity index (χ2v) is 9.26. The molecule has 0 aliphatic carbocycles. The van der Waals surface area contributed by atoms with Crippen molar-refractivity contribution in [1.29, 1.82) is 0 Å². The molecule has 8 heteroatoms. The van der Waals surface area contributed by atoms with Gasteiger partial charge in [0, 0.05) is 16.7 Å². The van der Waals surface area contributed by atoms with Crippen LogP contribution in [0.4, 0.5) is 0 Å². The van der Waals surface area contributed by atoms with Gasteiger partial charge in [-0.05, 0) is 60.9 Å². The lowest BCUT2D eigenvalue weighted by Gasteiger charge is -2.13. The fraction of sp³-hybridized carbons (Fsp3) is 0.200. The normalized spacial score (nSPS) is 16.0. The van der Waals surface area contributed by atoms with Crippen LogP contribution in [0.5, 0.6) is 0 Å². The third-order valence-electron chi connectivity index (χ3n) is 4.80. The van der Waals surface area contributed by atoms with Gasteiger partial charge in [0.15, 0.2) is 9.84 Å². The first-order valence-corrected chi connectivity index (χ1v) is 10.7. The van der Waals surface area contributed by atoms with Crippen molar-refractivity contribution in [3.8, 4) is 16.9 Å². The van der Waals surface area contributed by atoms with Gasteiger partial charge in [-0.25, -0.2) is 8.42 Å². The first kappa shape index (κ1) is 18.9. The fourth-order valence-electron chi connectivity index (χ4n) is 3.29. The van der Waals surface area contributed by atoms with Crippen molar-refractivity contribution in [2.45, 2.75) is 24.3 Å². The first-order valence-electron chi connectivity index (χ1n) is 8.70. The molecule has 144 valence electrons. The summed E-state index contributed by atoms with van der Waals surface area (Å²) in [5.41, 5.74) is 2.14. The highest BCUT2D eigenvalue weighted by molar-refractivity contribution is 7.91. The van der Waals surface area contributed by atoms with Crippen LogP contribution in [0.25, 0.3) is 16.9 Å². The zero-order valence-corrected chi connectivity index (χ0v) is 16.5. The van der Waals surface area contributed by atoms with E-state index in [1.165, 1.54) is 16.8 Å². The van der Waals surface area contributed by atoms with E-state index in [9.17, 15) is 18.3 Å². The molecule has 1 aliphatic rings. The minimum absolute atomic E-state index is 0.104. The van der Waals surface area contributed by atoms with E-state index in [2.05, 4.69) is 5.10 Å². The zero-order chi connectivity index (χ0) is 20.1. The second-order valence-electron chi connectivity index (χ2n) is 6.75. The van der Waals surface area contributed by atoms with Gasteiger partial charge < -0.3 is 5.11 Å². The van der Waals surface area contributed by atoms with Crippen LogP contribution in [0.3, 0.4) is 0 Å². The molecule has 2 heterocycles. The predicted molar refractivity (Wildman–Crippen MR) is 107 cm³/mol. The van der Waals surface area contributed by atoms with E-state index >= 15 is 0 Å². The van der Waals surface area contributed by atoms with Crippen LogP contribution < -0.4 is 5.56 Å². The average molecular weight is 417 g/mol. The minimum Gasteiger partial charge on any atom is -0.389 e. The van der Waals surface area contributed by atoms with Gasteiger partial charge in [-0.2, -0.15) is 9.78 Å². The second kappa shape index (κ2) is 6.84. The maximum Gasteiger partial charge on any atom is 0.271 e. The standard InChI is InChI=1S/C20H17ClN2O4S/c1-12(24)13-2-7-18-17(10-13)20-14(8-9-28(18,26)27)11-19(25)23(22-20)16-5-3-15(21)4-6-16/h2-7,10-12,24H,8-9H2,1H3. The Hall–Kier alpha value is -2.48. The monoisotopic (exact) mass is 416 g/mol. The molecule has 0 amide bonds. The molecule has 2 aromatic carbocycles. The van der Waals surface area contributed by atoms with Gasteiger partial charge in [0.05, 0.1) is 28.1 Å². The highest BCUT2D eigenvalue weighted by atomic mass is 35.5. The minimum atomic E-state index is -3.53. The molecule has 0 radical (unpaired) electrons. The maximum atomic E-state index is 12.7. The summed E-state index contributed by atoms with van der Waals surface area (Å²) >= 11 is 5.92. The number of aryl methyl sites for hydroxylation is 1. The van der Waals surface area contributed by atoms with Gasteiger partial charge >= 0.3 is 0 Å². The van der Waals surface area contributed by atoms with E-state index in [0.29, 0.717) is 33.1 Å². The van der Waals surface area contributed by atoms with Crippen LogP contribution in [0.2, 0.25) is 5.02 Å². The Bertz CT molecular complexity index is 1230. The molecule has 0 bridgehead atoms. The van der Waals surface area contributed by atoms with E-state index in [0.717, 1.165) is 0 Å². The number of hydrogen-bond acceptors (Lipinski definition) is 5. The van der Waals surface area contributed by atoms with E-state index in [-0.39, 0.29) is 22.6 Å². The highest BCUT2D eigenvalue weighted by Crippen LogP contribution is 2.34. The van der Waals surface area contributed by atoms with Crippen molar-refractivity contribution >= 4 is 21.4 Å². The summed E-state index contributed by atoms with van der Waals surface area (Å²) in [4.78, 5) is 12.8. The molecule has 1 N–H and O–H groups in total. The molecule has 1 aliphatic heterocycles. The van der Waals surface area contributed by atoms with Gasteiger partial charge in [-0.15, -0.1) is 0 Å². The Morgan fingerprint density at radius 3 is 2.54 bits per heavy atom. The van der Waals surface area contributed by atoms with E-state index in [4.69, 9.17) is 11.6 Å². The number of benzene rings is 2. The molecule has 1 atom stereocenters. The molecule has 0 saturated carbocycles. The lowest BCUT2D eigenvalue weighted by Crippen LogP contribution is -2.22. The number of aromatic nitrogens is 2. The SMILES string of the molecule is CC(O)c1ccc2c(c1)-c1nn(-c3ccc(Cl)cc3)c(=O)cc1CCS2(=O)=O. The lowest BCUT2D eigenvalue weighted by atomic mass is 10.0. The summed E-state index contributed by atoms with van der Waals surface area (Å²) in [5.74, 6) is -0.104. The Kier molecular flexibility index (Phi) is 4.61. The van der Waals surface area contributed by atoms with Gasteiger partial charge in [-0.1, -0.05) is 17.7 Å². The van der Waals surface area contributed by atoms with Crippen LogP contribution in [-0.4, -0.2) is 29.1 Å². The van der Waals surface area contributed by atoms with E-state index in [1.54, 1.807) is 43.3 Å². The molecule has 28 heavy (non-hydrogen) atoms. The van der Waals surface area contributed by atoms with Gasteiger partial charge in [0.2, 0.25) is 0 Å². The highest BCUT2D eigenvalue weighted by Gasteiger charge is 2.28. The summed E-state index contributed by atoms with van der Waals surface area (Å²) in [6.45, 7) is 1.61. The average Bonchev–Trinajstić information content (AvgIpc) is 2.76. The Balaban J connectivity index is 2.02. The molecule has 4 rings (SSSR count). The Morgan fingerprint density at radius 1 is 1.14 bits per heavy atom. The number of hydrogen-bond donors (Lipinski definition) is 1. The largest absolute Gasteiger partial charge is 0.389 e. The molecule has 1 aromatic heterocycles. The molecule has 1 unspecified atom stereocenters. The molecule has 0 saturated heterocycles. The van der Waals surface area contributed by atoms with Crippen LogP contribution in [0.15, 0.2) is 58.2 Å². The van der Waals surface area contributed by atoms with E-state index < -0.39 is 15.9 Å². The Labute approximate surface area is 167 Å². The maximum absolute atomic E-state index is 12.7. The van der Waals surface area contributed by atoms with Crippen molar-refractivity contribution < 1.29 is 13.5 Å². The van der Waals surface area contributed by atoms with E-state index in [1.807, 2.05) is 0 Å². The summed E-state index contributed by atoms with van der Waals surface area (Å²) in [7, 11) is -3.53. The number of aliphatic hydroxyl groups is 1. The number of halogens is 1. The number of nitrogens with zero attached hydrogens (tertiary/aromatic N) is 2. The smallest absolute Gasteiger partial charge is 0.271 e. The van der Waals surface area contributed by atoms with Crippen molar-refractivity contribution in [2.75, 3.05) is 5.75 Å². The fourth-order valence-corrected chi connectivity index (χ4v) is 4.90. The molecule has 0 fully saturated rings. The first-order chi connectivity index (χ1) is 13.3. The lowest BCUT2D eigenvalue weighted by molar-refractivity contribution is 0.199. The summed E-state index contributed by atoms with van der Waals surface area (Å²) < 4.78 is 26.7. The number of fused-ring (bicyclic) bond motifs is 3. The van der Waals surface area contributed by atoms with Crippen LogP contribution >= 0.6 is 11.6 Å². The van der Waals surface area contributed by atoms with Crippen molar-refractivity contribution in [1.82, 2.24) is 9.78 Å². The number of aliphatic hydroxyl groups excluding tert-OH is 1. The summed E-state index contributed by atoms with van der Waals surface area (Å²) in [6, 6.07) is 12.8. The predicted octanol–water partition coefficient (Wildman–Crippen LogP) is 2.94. The zero-order valence-electron chi connectivity index (χ0n) is 15.0. The third-order valence-corrected chi connectivity index (χ3v) is 6.82. The van der Waals surface area contributed by atoms with Crippen LogP contribution in [0, 0.1) is 0 Å². The molecular weight excluding hydrogens is 400 g/mol. The van der Waals surface area contributed by atoms with Crippen molar-refractivity contribution in [2.24, 2.45) is 0 Å². The Morgan fingerprint density at radius 2 is 1.86 bits per heavy atom. The third kappa shape index (κ3) is 3.26. The number of sulfone groups is 1. The quantitative estimate of drug-likeness (QED) is 0.693. The van der Waals surface area contributed by atoms with Gasteiger partial charge in [0.1, 0.15) is 0 Å². The molecule has 6 nitrogen and oxygen atoms in total. The van der Waals surface area contributed by atoms with Gasteiger partial charge in [-0.3, -0.25) is 4.79 Å². The summed E-state index contributed by atoms with van der Waals surface area (Å²) in [6.07, 6.45) is -0.568. The molecule has 3 aromatic rings. The van der Waals surface area contributed by atoms with Crippen LogP contribution in [0.1, 0.15) is 24.2 Å². The number of rotatable bonds is 2. The van der Waals surface area contributed by atoms with Gasteiger partial charge in [0.25, 0.3) is 5.56 Å².